The second-order valence-electron chi connectivity index (χ2n) is 7.81. The van der Waals surface area contributed by atoms with Crippen LogP contribution >= 0.6 is 0 Å². The number of benzene rings is 3. The lowest BCUT2D eigenvalue weighted by Crippen LogP contribution is -2.40. The van der Waals surface area contributed by atoms with E-state index in [4.69, 9.17) is 14.3 Å². The van der Waals surface area contributed by atoms with Gasteiger partial charge in [0.05, 0.1) is 19.8 Å². The van der Waals surface area contributed by atoms with Crippen LogP contribution in [0.5, 0.6) is 17.2 Å². The Balaban J connectivity index is 1.48. The molecule has 0 aliphatic carbocycles. The van der Waals surface area contributed by atoms with Gasteiger partial charge >= 0.3 is 0 Å². The first kappa shape index (κ1) is 23.3. The van der Waals surface area contributed by atoms with Crippen molar-refractivity contribution < 1.29 is 22.7 Å². The normalized spacial score (nSPS) is 18.8. The SMILES string of the molecule is COc1ccccc1CCNS(=O)(=O)[C@H]1CON(C)[C@H]1c1cccc(Oc2ccccc2)c1. The average molecular weight is 469 g/mol. The third-order valence-electron chi connectivity index (χ3n) is 5.65. The van der Waals surface area contributed by atoms with Crippen molar-refractivity contribution in [3.63, 3.8) is 0 Å². The van der Waals surface area contributed by atoms with E-state index in [1.165, 1.54) is 0 Å². The van der Waals surface area contributed by atoms with E-state index >= 15 is 0 Å². The van der Waals surface area contributed by atoms with E-state index < -0.39 is 21.3 Å². The predicted molar refractivity (Wildman–Crippen MR) is 127 cm³/mol. The van der Waals surface area contributed by atoms with Crippen LogP contribution in [0.25, 0.3) is 0 Å². The van der Waals surface area contributed by atoms with Crippen molar-refractivity contribution in [3.8, 4) is 17.2 Å². The second-order valence-corrected chi connectivity index (χ2v) is 9.80. The highest BCUT2D eigenvalue weighted by molar-refractivity contribution is 7.90. The van der Waals surface area contributed by atoms with E-state index in [-0.39, 0.29) is 13.2 Å². The van der Waals surface area contributed by atoms with Crippen LogP contribution in [-0.4, -0.2) is 46.0 Å². The van der Waals surface area contributed by atoms with Crippen LogP contribution in [0, 0.1) is 0 Å². The summed E-state index contributed by atoms with van der Waals surface area (Å²) in [7, 11) is -0.294. The van der Waals surface area contributed by atoms with Gasteiger partial charge in [0.1, 0.15) is 22.5 Å². The van der Waals surface area contributed by atoms with Crippen molar-refractivity contribution >= 4 is 10.0 Å². The van der Waals surface area contributed by atoms with E-state index in [1.807, 2.05) is 78.9 Å². The molecular formula is C25H28N2O5S. The number of sulfonamides is 1. The third kappa shape index (κ3) is 5.54. The molecule has 0 saturated carbocycles. The monoisotopic (exact) mass is 468 g/mol. The summed E-state index contributed by atoms with van der Waals surface area (Å²) in [4.78, 5) is 5.63. The number of ether oxygens (including phenoxy) is 2. The number of nitrogens with zero attached hydrogens (tertiary/aromatic N) is 1. The number of hydrogen-bond acceptors (Lipinski definition) is 6. The molecule has 2 atom stereocenters. The van der Waals surface area contributed by atoms with Gasteiger partial charge in [-0.3, -0.25) is 4.84 Å². The fraction of sp³-hybridized carbons (Fsp3) is 0.280. The van der Waals surface area contributed by atoms with E-state index in [9.17, 15) is 8.42 Å². The Labute approximate surface area is 194 Å². The Bertz CT molecular complexity index is 1170. The molecule has 8 heteroatoms. The first-order valence-electron chi connectivity index (χ1n) is 10.8. The molecule has 0 spiro atoms. The number of hydrogen-bond donors (Lipinski definition) is 1. The zero-order valence-electron chi connectivity index (χ0n) is 18.7. The van der Waals surface area contributed by atoms with Crippen molar-refractivity contribution in [2.45, 2.75) is 17.7 Å². The Hall–Kier alpha value is -2.91. The van der Waals surface area contributed by atoms with Gasteiger partial charge in [-0.2, -0.15) is 5.06 Å². The molecule has 1 aliphatic heterocycles. The Kier molecular flexibility index (Phi) is 7.29. The quantitative estimate of drug-likeness (QED) is 0.513. The van der Waals surface area contributed by atoms with Crippen LogP contribution in [0.2, 0.25) is 0 Å². The summed E-state index contributed by atoms with van der Waals surface area (Å²) in [5.41, 5.74) is 1.76. The molecule has 0 aromatic heterocycles. The minimum absolute atomic E-state index is 0.0783. The lowest BCUT2D eigenvalue weighted by Gasteiger charge is -2.23. The highest BCUT2D eigenvalue weighted by Gasteiger charge is 2.43. The van der Waals surface area contributed by atoms with Crippen LogP contribution in [-0.2, 0) is 21.3 Å². The van der Waals surface area contributed by atoms with Crippen molar-refractivity contribution in [2.24, 2.45) is 0 Å². The van der Waals surface area contributed by atoms with Gasteiger partial charge in [0.15, 0.2) is 0 Å². The summed E-state index contributed by atoms with van der Waals surface area (Å²) >= 11 is 0. The molecule has 0 amide bonds. The van der Waals surface area contributed by atoms with Crippen LogP contribution in [0.4, 0.5) is 0 Å². The maximum absolute atomic E-state index is 13.2. The summed E-state index contributed by atoms with van der Waals surface area (Å²) in [5, 5.41) is 0.846. The molecule has 3 aromatic rings. The number of rotatable bonds is 9. The Morgan fingerprint density at radius 1 is 1.00 bits per heavy atom. The highest BCUT2D eigenvalue weighted by Crippen LogP contribution is 2.35. The molecule has 0 radical (unpaired) electrons. The molecule has 4 rings (SSSR count). The summed E-state index contributed by atoms with van der Waals surface area (Å²) in [6, 6.07) is 24.1. The van der Waals surface area contributed by atoms with E-state index in [1.54, 1.807) is 19.2 Å². The standard InChI is InChI=1S/C25H28N2O5S/c1-27-25(20-10-8-13-22(17-20)32-21-11-4-3-5-12-21)24(18-31-27)33(28,29)26-16-15-19-9-6-7-14-23(19)30-2/h3-14,17,24-26H,15-16,18H2,1-2H3/t24-,25-/m0/s1. The maximum Gasteiger partial charge on any atom is 0.218 e. The van der Waals surface area contributed by atoms with Crippen LogP contribution < -0.4 is 14.2 Å². The van der Waals surface area contributed by atoms with Crippen molar-refractivity contribution in [1.29, 1.82) is 0 Å². The first-order valence-corrected chi connectivity index (χ1v) is 12.3. The van der Waals surface area contributed by atoms with Gasteiger partial charge < -0.3 is 9.47 Å². The molecule has 1 heterocycles. The predicted octanol–water partition coefficient (Wildman–Crippen LogP) is 3.94. The van der Waals surface area contributed by atoms with Gasteiger partial charge in [-0.15, -0.1) is 0 Å². The topological polar surface area (TPSA) is 77.1 Å². The van der Waals surface area contributed by atoms with Crippen LogP contribution in [0.15, 0.2) is 78.9 Å². The molecule has 3 aromatic carbocycles. The minimum atomic E-state index is -3.65. The van der Waals surface area contributed by atoms with Gasteiger partial charge in [-0.25, -0.2) is 13.1 Å². The zero-order valence-corrected chi connectivity index (χ0v) is 19.5. The lowest BCUT2D eigenvalue weighted by atomic mass is 10.0. The molecule has 33 heavy (non-hydrogen) atoms. The lowest BCUT2D eigenvalue weighted by molar-refractivity contribution is -0.110. The number of para-hydroxylation sites is 2. The first-order chi connectivity index (χ1) is 16.0. The number of methoxy groups -OCH3 is 1. The van der Waals surface area contributed by atoms with E-state index in [0.29, 0.717) is 17.9 Å². The molecule has 1 N–H and O–H groups in total. The van der Waals surface area contributed by atoms with Gasteiger partial charge in [0.25, 0.3) is 0 Å². The van der Waals surface area contributed by atoms with Crippen molar-refractivity contribution in [3.05, 3.63) is 90.0 Å². The molecule has 0 unspecified atom stereocenters. The molecule has 1 saturated heterocycles. The van der Waals surface area contributed by atoms with E-state index in [0.717, 1.165) is 16.9 Å². The van der Waals surface area contributed by atoms with Crippen molar-refractivity contribution in [1.82, 2.24) is 9.79 Å². The van der Waals surface area contributed by atoms with Gasteiger partial charge in [0.2, 0.25) is 10.0 Å². The fourth-order valence-corrected chi connectivity index (χ4v) is 5.52. The smallest absolute Gasteiger partial charge is 0.218 e. The summed E-state index contributed by atoms with van der Waals surface area (Å²) < 4.78 is 40.4. The Morgan fingerprint density at radius 2 is 1.73 bits per heavy atom. The average Bonchev–Trinajstić information content (AvgIpc) is 3.22. The van der Waals surface area contributed by atoms with E-state index in [2.05, 4.69) is 4.72 Å². The van der Waals surface area contributed by atoms with Gasteiger partial charge in [0, 0.05) is 13.6 Å². The fourth-order valence-electron chi connectivity index (χ4n) is 4.01. The molecule has 174 valence electrons. The van der Waals surface area contributed by atoms with Gasteiger partial charge in [-0.1, -0.05) is 48.5 Å². The summed E-state index contributed by atoms with van der Waals surface area (Å²) in [5.74, 6) is 2.10. The third-order valence-corrected chi connectivity index (χ3v) is 7.45. The number of hydroxylamine groups is 2. The Morgan fingerprint density at radius 3 is 2.52 bits per heavy atom. The summed E-state index contributed by atoms with van der Waals surface area (Å²) in [6.07, 6.45) is 0.526. The zero-order chi connectivity index (χ0) is 23.3. The van der Waals surface area contributed by atoms with Gasteiger partial charge in [-0.05, 0) is 47.9 Å². The van der Waals surface area contributed by atoms with Crippen LogP contribution in [0.3, 0.4) is 0 Å². The summed E-state index contributed by atoms with van der Waals surface area (Å²) in [6.45, 7) is 0.349. The van der Waals surface area contributed by atoms with Crippen molar-refractivity contribution in [2.75, 3.05) is 27.3 Å². The minimum Gasteiger partial charge on any atom is -0.496 e. The molecule has 0 bridgehead atoms. The maximum atomic E-state index is 13.2. The number of nitrogens with one attached hydrogen (secondary N) is 1. The molecule has 1 fully saturated rings. The largest absolute Gasteiger partial charge is 0.496 e. The molecular weight excluding hydrogens is 440 g/mol. The van der Waals surface area contributed by atoms with Crippen LogP contribution in [0.1, 0.15) is 17.2 Å². The molecule has 7 nitrogen and oxygen atoms in total. The molecule has 1 aliphatic rings. The highest BCUT2D eigenvalue weighted by atomic mass is 32.2. The second kappa shape index (κ2) is 10.4.